The van der Waals surface area contributed by atoms with Crippen molar-refractivity contribution in [3.63, 3.8) is 0 Å². The number of carbonyl (C=O) groups excluding carboxylic acids is 1. The third kappa shape index (κ3) is 2.80. The van der Waals surface area contributed by atoms with Gasteiger partial charge in [0.25, 0.3) is 5.91 Å². The molecular weight excluding hydrogens is 268 g/mol. The number of ether oxygens (including phenoxy) is 2. The van der Waals surface area contributed by atoms with E-state index in [-0.39, 0.29) is 24.2 Å². The van der Waals surface area contributed by atoms with Gasteiger partial charge < -0.3 is 14.4 Å². The normalized spacial score (nSPS) is 28.5. The predicted molar refractivity (Wildman–Crippen MR) is 78.2 cm³/mol. The first-order valence-electron chi connectivity index (χ1n) is 7.66. The Labute approximate surface area is 125 Å². The standard InChI is InChI=1S/C16H22N2O3/c1-3-20-15-13-4-5-14(15)21-7-6-18(13)16(19)12-8-11(2)9-17-10-12/h8-10,13-15H,3-7H2,1-2H3/t13-,14-,15-/m1/s1. The van der Waals surface area contributed by atoms with Gasteiger partial charge in [-0.05, 0) is 38.3 Å². The largest absolute Gasteiger partial charge is 0.374 e. The van der Waals surface area contributed by atoms with Crippen LogP contribution < -0.4 is 0 Å². The van der Waals surface area contributed by atoms with Crippen LogP contribution in [0.3, 0.4) is 0 Å². The summed E-state index contributed by atoms with van der Waals surface area (Å²) in [5.74, 6) is 0.0343. The molecule has 1 saturated carbocycles. The summed E-state index contributed by atoms with van der Waals surface area (Å²) in [6.45, 7) is 5.78. The molecule has 2 heterocycles. The number of aromatic nitrogens is 1. The highest BCUT2D eigenvalue weighted by Gasteiger charge is 2.44. The van der Waals surface area contributed by atoms with Crippen molar-refractivity contribution in [2.45, 2.75) is 44.9 Å². The van der Waals surface area contributed by atoms with Crippen LogP contribution in [-0.2, 0) is 9.47 Å². The topological polar surface area (TPSA) is 51.7 Å². The van der Waals surface area contributed by atoms with Gasteiger partial charge in [0.05, 0.1) is 24.3 Å². The second kappa shape index (κ2) is 6.12. The van der Waals surface area contributed by atoms with Crippen LogP contribution in [0.15, 0.2) is 18.5 Å². The zero-order chi connectivity index (χ0) is 14.8. The summed E-state index contributed by atoms with van der Waals surface area (Å²) in [4.78, 5) is 18.9. The van der Waals surface area contributed by atoms with Gasteiger partial charge in [-0.25, -0.2) is 0 Å². The van der Waals surface area contributed by atoms with Crippen molar-refractivity contribution in [2.24, 2.45) is 0 Å². The zero-order valence-corrected chi connectivity index (χ0v) is 12.6. The minimum absolute atomic E-state index is 0.000724. The summed E-state index contributed by atoms with van der Waals surface area (Å²) in [6.07, 6.45) is 5.44. The number of aryl methyl sites for hydroxylation is 1. The third-order valence-electron chi connectivity index (χ3n) is 4.30. The molecule has 3 rings (SSSR count). The van der Waals surface area contributed by atoms with E-state index >= 15 is 0 Å². The molecule has 114 valence electrons. The average Bonchev–Trinajstić information content (AvgIpc) is 2.75. The van der Waals surface area contributed by atoms with Crippen LogP contribution in [0.2, 0.25) is 0 Å². The van der Waals surface area contributed by atoms with Gasteiger partial charge in [0.1, 0.15) is 6.10 Å². The molecule has 1 aromatic rings. The average molecular weight is 290 g/mol. The van der Waals surface area contributed by atoms with Crippen LogP contribution in [0.1, 0.15) is 35.7 Å². The Bertz CT molecular complexity index is 520. The quantitative estimate of drug-likeness (QED) is 0.852. The van der Waals surface area contributed by atoms with Crippen LogP contribution >= 0.6 is 0 Å². The van der Waals surface area contributed by atoms with Crippen molar-refractivity contribution in [3.8, 4) is 0 Å². The monoisotopic (exact) mass is 290 g/mol. The van der Waals surface area contributed by atoms with E-state index in [1.54, 1.807) is 12.4 Å². The molecule has 0 spiro atoms. The molecule has 0 radical (unpaired) electrons. The van der Waals surface area contributed by atoms with Gasteiger partial charge in [-0.1, -0.05) is 0 Å². The van der Waals surface area contributed by atoms with Crippen LogP contribution in [-0.4, -0.2) is 53.8 Å². The maximum atomic E-state index is 12.8. The molecule has 2 aliphatic rings. The summed E-state index contributed by atoms with van der Waals surface area (Å²) >= 11 is 0. The molecule has 21 heavy (non-hydrogen) atoms. The van der Waals surface area contributed by atoms with E-state index < -0.39 is 0 Å². The lowest BCUT2D eigenvalue weighted by atomic mass is 10.1. The van der Waals surface area contributed by atoms with E-state index in [9.17, 15) is 4.79 Å². The Hall–Kier alpha value is -1.46. The molecule has 1 amide bonds. The minimum Gasteiger partial charge on any atom is -0.374 e. The van der Waals surface area contributed by atoms with E-state index in [0.717, 1.165) is 18.4 Å². The Morgan fingerprint density at radius 3 is 3.10 bits per heavy atom. The van der Waals surface area contributed by atoms with Crippen LogP contribution in [0.5, 0.6) is 0 Å². The fourth-order valence-electron chi connectivity index (χ4n) is 3.39. The first-order valence-corrected chi connectivity index (χ1v) is 7.66. The predicted octanol–water partition coefficient (Wildman–Crippen LogP) is 1.80. The van der Waals surface area contributed by atoms with Gasteiger partial charge in [-0.2, -0.15) is 0 Å². The number of rotatable bonds is 3. The lowest BCUT2D eigenvalue weighted by Gasteiger charge is -2.31. The molecule has 5 nitrogen and oxygen atoms in total. The summed E-state index contributed by atoms with van der Waals surface area (Å²) in [5.41, 5.74) is 1.65. The van der Waals surface area contributed by atoms with E-state index in [2.05, 4.69) is 4.98 Å². The fourth-order valence-corrected chi connectivity index (χ4v) is 3.39. The Morgan fingerprint density at radius 2 is 2.33 bits per heavy atom. The Morgan fingerprint density at radius 1 is 1.48 bits per heavy atom. The SMILES string of the molecule is CCO[C@@H]1[C@H]2CC[C@H]1OCCN2C(=O)c1cncc(C)c1. The molecule has 1 aliphatic carbocycles. The van der Waals surface area contributed by atoms with Crippen molar-refractivity contribution in [2.75, 3.05) is 19.8 Å². The van der Waals surface area contributed by atoms with E-state index in [1.807, 2.05) is 24.8 Å². The molecule has 1 saturated heterocycles. The fraction of sp³-hybridized carbons (Fsp3) is 0.625. The number of pyridine rings is 1. The number of nitrogens with zero attached hydrogens (tertiary/aromatic N) is 2. The minimum atomic E-state index is -0.000724. The van der Waals surface area contributed by atoms with Crippen LogP contribution in [0.25, 0.3) is 0 Å². The molecule has 3 atom stereocenters. The summed E-state index contributed by atoms with van der Waals surface area (Å²) in [6, 6.07) is 2.01. The smallest absolute Gasteiger partial charge is 0.255 e. The highest BCUT2D eigenvalue weighted by atomic mass is 16.5. The molecule has 0 aromatic carbocycles. The Kier molecular flexibility index (Phi) is 4.22. The van der Waals surface area contributed by atoms with Crippen molar-refractivity contribution in [3.05, 3.63) is 29.6 Å². The van der Waals surface area contributed by atoms with Crippen molar-refractivity contribution < 1.29 is 14.3 Å². The van der Waals surface area contributed by atoms with E-state index in [1.165, 1.54) is 0 Å². The van der Waals surface area contributed by atoms with Gasteiger partial charge in [0.2, 0.25) is 0 Å². The second-order valence-electron chi connectivity index (χ2n) is 5.72. The number of fused-ring (bicyclic) bond motifs is 2. The van der Waals surface area contributed by atoms with E-state index in [0.29, 0.717) is 25.3 Å². The number of hydrogen-bond acceptors (Lipinski definition) is 4. The first kappa shape index (κ1) is 14.5. The lowest BCUT2D eigenvalue weighted by Crippen LogP contribution is -2.46. The Balaban J connectivity index is 1.84. The molecular formula is C16H22N2O3. The summed E-state index contributed by atoms with van der Waals surface area (Å²) in [5, 5.41) is 0. The second-order valence-corrected chi connectivity index (χ2v) is 5.72. The number of carbonyl (C=O) groups is 1. The molecule has 2 fully saturated rings. The van der Waals surface area contributed by atoms with Gasteiger partial charge in [-0.15, -0.1) is 0 Å². The molecule has 1 aliphatic heterocycles. The summed E-state index contributed by atoms with van der Waals surface area (Å²) < 4.78 is 11.7. The van der Waals surface area contributed by atoms with Gasteiger partial charge in [-0.3, -0.25) is 9.78 Å². The van der Waals surface area contributed by atoms with Gasteiger partial charge in [0, 0.05) is 25.5 Å². The molecule has 1 aromatic heterocycles. The van der Waals surface area contributed by atoms with Gasteiger partial charge in [0.15, 0.2) is 0 Å². The molecule has 5 heteroatoms. The highest BCUT2D eigenvalue weighted by Crippen LogP contribution is 2.32. The van der Waals surface area contributed by atoms with Gasteiger partial charge >= 0.3 is 0 Å². The maximum Gasteiger partial charge on any atom is 0.255 e. The van der Waals surface area contributed by atoms with Crippen molar-refractivity contribution in [1.82, 2.24) is 9.88 Å². The van der Waals surface area contributed by atoms with Crippen molar-refractivity contribution in [1.29, 1.82) is 0 Å². The first-order chi connectivity index (χ1) is 10.2. The molecule has 2 bridgehead atoms. The van der Waals surface area contributed by atoms with Crippen LogP contribution in [0.4, 0.5) is 0 Å². The number of hydrogen-bond donors (Lipinski definition) is 0. The molecule has 0 unspecified atom stereocenters. The third-order valence-corrected chi connectivity index (χ3v) is 4.30. The van der Waals surface area contributed by atoms with E-state index in [4.69, 9.17) is 9.47 Å². The maximum absolute atomic E-state index is 12.8. The zero-order valence-electron chi connectivity index (χ0n) is 12.6. The summed E-state index contributed by atoms with van der Waals surface area (Å²) in [7, 11) is 0. The highest BCUT2D eigenvalue weighted by molar-refractivity contribution is 5.94. The van der Waals surface area contributed by atoms with Crippen LogP contribution in [0, 0.1) is 6.92 Å². The van der Waals surface area contributed by atoms with Crippen molar-refractivity contribution >= 4 is 5.91 Å². The number of amides is 1. The lowest BCUT2D eigenvalue weighted by molar-refractivity contribution is -0.0484. The molecule has 0 N–H and O–H groups in total.